The lowest BCUT2D eigenvalue weighted by molar-refractivity contribution is 0.475. The third kappa shape index (κ3) is 2.07. The second kappa shape index (κ2) is 3.87. The zero-order valence-electron chi connectivity index (χ0n) is 7.61. The Labute approximate surface area is 91.0 Å². The highest BCUT2D eigenvalue weighted by atomic mass is 35.5. The van der Waals surface area contributed by atoms with E-state index < -0.39 is 0 Å². The van der Waals surface area contributed by atoms with E-state index in [2.05, 4.69) is 4.98 Å². The van der Waals surface area contributed by atoms with Crippen molar-refractivity contribution >= 4 is 11.6 Å². The van der Waals surface area contributed by atoms with Crippen molar-refractivity contribution in [2.24, 2.45) is 0 Å². The van der Waals surface area contributed by atoms with Crippen LogP contribution in [0.15, 0.2) is 36.4 Å². The van der Waals surface area contributed by atoms with Crippen molar-refractivity contribution in [1.29, 1.82) is 0 Å². The van der Waals surface area contributed by atoms with Gasteiger partial charge < -0.3 is 5.11 Å². The average Bonchev–Trinajstić information content (AvgIpc) is 2.23. The standard InChI is InChI=1S/C11H7ClFNO/c12-10-6-5-9(15)11(14-10)7-1-3-8(13)4-2-7/h1-6,15H. The van der Waals surface area contributed by atoms with E-state index in [1.807, 2.05) is 0 Å². The normalized spacial score (nSPS) is 10.3. The summed E-state index contributed by atoms with van der Waals surface area (Å²) in [5, 5.41) is 9.83. The van der Waals surface area contributed by atoms with Crippen molar-refractivity contribution in [3.05, 3.63) is 47.4 Å². The Balaban J connectivity index is 2.53. The fourth-order valence-corrected chi connectivity index (χ4v) is 1.40. The predicted molar refractivity (Wildman–Crippen MR) is 56.3 cm³/mol. The molecule has 0 radical (unpaired) electrons. The van der Waals surface area contributed by atoms with Gasteiger partial charge in [-0.05, 0) is 36.4 Å². The molecule has 2 rings (SSSR count). The second-order valence-electron chi connectivity index (χ2n) is 3.01. The maximum atomic E-state index is 12.7. The van der Waals surface area contributed by atoms with Crippen LogP contribution < -0.4 is 0 Å². The molecule has 1 aromatic carbocycles. The fraction of sp³-hybridized carbons (Fsp3) is 0. The highest BCUT2D eigenvalue weighted by molar-refractivity contribution is 6.29. The van der Waals surface area contributed by atoms with Gasteiger partial charge >= 0.3 is 0 Å². The molecule has 0 aliphatic carbocycles. The smallest absolute Gasteiger partial charge is 0.141 e. The van der Waals surface area contributed by atoms with Gasteiger partial charge in [0.1, 0.15) is 22.4 Å². The van der Waals surface area contributed by atoms with E-state index in [0.29, 0.717) is 11.3 Å². The van der Waals surface area contributed by atoms with Crippen molar-refractivity contribution in [2.45, 2.75) is 0 Å². The van der Waals surface area contributed by atoms with Gasteiger partial charge in [0, 0.05) is 5.56 Å². The molecule has 0 saturated heterocycles. The monoisotopic (exact) mass is 223 g/mol. The van der Waals surface area contributed by atoms with E-state index in [1.54, 1.807) is 0 Å². The third-order valence-corrected chi connectivity index (χ3v) is 2.17. The molecule has 0 aliphatic rings. The van der Waals surface area contributed by atoms with Crippen molar-refractivity contribution in [3.8, 4) is 17.0 Å². The lowest BCUT2D eigenvalue weighted by Gasteiger charge is -2.03. The molecule has 1 aromatic heterocycles. The Hall–Kier alpha value is -1.61. The third-order valence-electron chi connectivity index (χ3n) is 1.96. The molecule has 0 spiro atoms. The first kappa shape index (κ1) is 9.93. The van der Waals surface area contributed by atoms with Gasteiger partial charge in [-0.3, -0.25) is 0 Å². The van der Waals surface area contributed by atoms with E-state index >= 15 is 0 Å². The lowest BCUT2D eigenvalue weighted by Crippen LogP contribution is -1.85. The van der Waals surface area contributed by atoms with Crippen molar-refractivity contribution in [3.63, 3.8) is 0 Å². The molecule has 76 valence electrons. The van der Waals surface area contributed by atoms with Crippen LogP contribution in [-0.2, 0) is 0 Å². The summed E-state index contributed by atoms with van der Waals surface area (Å²) in [6, 6.07) is 8.62. The van der Waals surface area contributed by atoms with Crippen LogP contribution in [0.25, 0.3) is 11.3 Å². The van der Waals surface area contributed by atoms with Crippen molar-refractivity contribution in [1.82, 2.24) is 4.98 Å². The summed E-state index contributed by atoms with van der Waals surface area (Å²) in [5.74, 6) is -0.314. The molecule has 1 N–H and O–H groups in total. The molecule has 0 fully saturated rings. The van der Waals surface area contributed by atoms with Gasteiger partial charge in [0.2, 0.25) is 0 Å². The molecule has 1 heterocycles. The largest absolute Gasteiger partial charge is 0.506 e. The van der Waals surface area contributed by atoms with Gasteiger partial charge in [0.15, 0.2) is 0 Å². The predicted octanol–water partition coefficient (Wildman–Crippen LogP) is 3.25. The number of halogens is 2. The molecule has 2 aromatic rings. The summed E-state index contributed by atoms with van der Waals surface area (Å²) in [5.41, 5.74) is 0.971. The quantitative estimate of drug-likeness (QED) is 0.753. The number of hydrogen-bond acceptors (Lipinski definition) is 2. The van der Waals surface area contributed by atoms with Crippen LogP contribution in [0.2, 0.25) is 5.15 Å². The molecule has 4 heteroatoms. The minimum Gasteiger partial charge on any atom is -0.506 e. The van der Waals surface area contributed by atoms with Gasteiger partial charge in [0.25, 0.3) is 0 Å². The van der Waals surface area contributed by atoms with E-state index in [0.717, 1.165) is 0 Å². The number of aromatic hydroxyl groups is 1. The maximum absolute atomic E-state index is 12.7. The zero-order chi connectivity index (χ0) is 10.8. The van der Waals surface area contributed by atoms with Crippen LogP contribution in [0.1, 0.15) is 0 Å². The SMILES string of the molecule is Oc1ccc(Cl)nc1-c1ccc(F)cc1. The second-order valence-corrected chi connectivity index (χ2v) is 3.40. The van der Waals surface area contributed by atoms with Gasteiger partial charge in [-0.2, -0.15) is 0 Å². The minimum absolute atomic E-state index is 0.0195. The molecular weight excluding hydrogens is 217 g/mol. The zero-order valence-corrected chi connectivity index (χ0v) is 8.37. The lowest BCUT2D eigenvalue weighted by atomic mass is 10.1. The molecule has 0 atom stereocenters. The maximum Gasteiger partial charge on any atom is 0.141 e. The van der Waals surface area contributed by atoms with E-state index in [1.165, 1.54) is 36.4 Å². The van der Waals surface area contributed by atoms with Gasteiger partial charge in [-0.15, -0.1) is 0 Å². The summed E-state index contributed by atoms with van der Waals surface area (Å²) >= 11 is 5.70. The van der Waals surface area contributed by atoms with E-state index in [4.69, 9.17) is 11.6 Å². The van der Waals surface area contributed by atoms with Crippen molar-refractivity contribution in [2.75, 3.05) is 0 Å². The fourth-order valence-electron chi connectivity index (χ4n) is 1.25. The van der Waals surface area contributed by atoms with Crippen LogP contribution in [0.4, 0.5) is 4.39 Å². The molecule has 15 heavy (non-hydrogen) atoms. The molecule has 0 aliphatic heterocycles. The first-order chi connectivity index (χ1) is 7.16. The summed E-state index contributed by atoms with van der Waals surface area (Å²) in [6.45, 7) is 0. The number of nitrogens with zero attached hydrogens (tertiary/aromatic N) is 1. The summed E-state index contributed by atoms with van der Waals surface area (Å²) in [6.07, 6.45) is 0. The first-order valence-corrected chi connectivity index (χ1v) is 4.66. The van der Waals surface area contributed by atoms with Crippen molar-refractivity contribution < 1.29 is 9.50 Å². The van der Waals surface area contributed by atoms with Gasteiger partial charge in [0.05, 0.1) is 0 Å². The Morgan fingerprint density at radius 1 is 1.07 bits per heavy atom. The Kier molecular flexibility index (Phi) is 2.56. The molecular formula is C11H7ClFNO. The first-order valence-electron chi connectivity index (χ1n) is 4.28. The summed E-state index contributed by atoms with van der Waals surface area (Å²) in [4.78, 5) is 3.97. The summed E-state index contributed by atoms with van der Waals surface area (Å²) in [7, 11) is 0. The van der Waals surface area contributed by atoms with Crippen LogP contribution in [0.3, 0.4) is 0 Å². The number of aromatic nitrogens is 1. The highest BCUT2D eigenvalue weighted by Gasteiger charge is 2.06. The van der Waals surface area contributed by atoms with Crippen LogP contribution in [0.5, 0.6) is 5.75 Å². The van der Waals surface area contributed by atoms with Crippen LogP contribution in [-0.4, -0.2) is 10.1 Å². The highest BCUT2D eigenvalue weighted by Crippen LogP contribution is 2.28. The summed E-state index contributed by atoms with van der Waals surface area (Å²) < 4.78 is 12.7. The van der Waals surface area contributed by atoms with Gasteiger partial charge in [-0.25, -0.2) is 9.37 Å². The number of hydrogen-bond donors (Lipinski definition) is 1. The minimum atomic E-state index is -0.333. The van der Waals surface area contributed by atoms with E-state index in [9.17, 15) is 9.50 Å². The Bertz CT molecular complexity index is 484. The molecule has 2 nitrogen and oxygen atoms in total. The Morgan fingerprint density at radius 3 is 2.40 bits per heavy atom. The number of rotatable bonds is 1. The number of benzene rings is 1. The molecule has 0 bridgehead atoms. The topological polar surface area (TPSA) is 33.1 Å². The average molecular weight is 224 g/mol. The van der Waals surface area contributed by atoms with Crippen LogP contribution >= 0.6 is 11.6 Å². The molecule has 0 saturated carbocycles. The van der Waals surface area contributed by atoms with Crippen LogP contribution in [0, 0.1) is 5.82 Å². The van der Waals surface area contributed by atoms with E-state index in [-0.39, 0.29) is 16.7 Å². The molecule has 0 unspecified atom stereocenters. The Morgan fingerprint density at radius 2 is 1.73 bits per heavy atom. The van der Waals surface area contributed by atoms with Gasteiger partial charge in [-0.1, -0.05) is 11.6 Å². The molecule has 0 amide bonds. The number of pyridine rings is 1.